The number of hydrogen-bond donors (Lipinski definition) is 1. The van der Waals surface area contributed by atoms with Crippen LogP contribution in [0.15, 0.2) is 0 Å². The van der Waals surface area contributed by atoms with E-state index in [4.69, 9.17) is 0 Å². The highest BCUT2D eigenvalue weighted by Gasteiger charge is 2.30. The average Bonchev–Trinajstić information content (AvgIpc) is 2.49. The van der Waals surface area contributed by atoms with Crippen LogP contribution in [0.1, 0.15) is 52.4 Å². The summed E-state index contributed by atoms with van der Waals surface area (Å²) in [6.07, 6.45) is 8.55. The standard InChI is InChI=1S/C15H30N2/c1-13(2)14-11-15(12-14)16-7-10-17-8-5-3-4-6-9-17/h13-16H,3-12H2,1-2H3. The Balaban J connectivity index is 1.51. The van der Waals surface area contributed by atoms with Gasteiger partial charge in [-0.05, 0) is 50.6 Å². The molecule has 0 aromatic carbocycles. The van der Waals surface area contributed by atoms with Crippen molar-refractivity contribution in [2.24, 2.45) is 11.8 Å². The van der Waals surface area contributed by atoms with Gasteiger partial charge in [0, 0.05) is 19.1 Å². The third kappa shape index (κ3) is 4.26. The number of rotatable bonds is 5. The molecule has 17 heavy (non-hydrogen) atoms. The lowest BCUT2D eigenvalue weighted by Gasteiger charge is -2.39. The van der Waals surface area contributed by atoms with Crippen LogP contribution in [0.3, 0.4) is 0 Å². The third-order valence-corrected chi connectivity index (χ3v) is 4.68. The largest absolute Gasteiger partial charge is 0.313 e. The third-order valence-electron chi connectivity index (χ3n) is 4.68. The smallest absolute Gasteiger partial charge is 0.0107 e. The Morgan fingerprint density at radius 2 is 1.71 bits per heavy atom. The van der Waals surface area contributed by atoms with Gasteiger partial charge in [-0.2, -0.15) is 0 Å². The van der Waals surface area contributed by atoms with E-state index in [9.17, 15) is 0 Å². The molecule has 2 aliphatic rings. The molecule has 2 rings (SSSR count). The number of nitrogens with one attached hydrogen (secondary N) is 1. The summed E-state index contributed by atoms with van der Waals surface area (Å²) in [7, 11) is 0. The van der Waals surface area contributed by atoms with E-state index in [2.05, 4.69) is 24.1 Å². The highest BCUT2D eigenvalue weighted by molar-refractivity contribution is 4.86. The van der Waals surface area contributed by atoms with Crippen molar-refractivity contribution in [2.45, 2.75) is 58.4 Å². The second-order valence-corrected chi connectivity index (χ2v) is 6.38. The SMILES string of the molecule is CC(C)C1CC(NCCN2CCCCCC2)C1. The Morgan fingerprint density at radius 1 is 1.06 bits per heavy atom. The lowest BCUT2D eigenvalue weighted by molar-refractivity contribution is 0.163. The zero-order valence-corrected chi connectivity index (χ0v) is 11.8. The van der Waals surface area contributed by atoms with E-state index in [1.807, 2.05) is 0 Å². The Hall–Kier alpha value is -0.0800. The second-order valence-electron chi connectivity index (χ2n) is 6.38. The summed E-state index contributed by atoms with van der Waals surface area (Å²) in [4.78, 5) is 2.65. The quantitative estimate of drug-likeness (QED) is 0.792. The maximum atomic E-state index is 3.73. The highest BCUT2D eigenvalue weighted by Crippen LogP contribution is 2.33. The van der Waals surface area contributed by atoms with E-state index in [1.165, 1.54) is 64.7 Å². The minimum Gasteiger partial charge on any atom is -0.313 e. The fourth-order valence-electron chi connectivity index (χ4n) is 3.16. The molecule has 2 nitrogen and oxygen atoms in total. The summed E-state index contributed by atoms with van der Waals surface area (Å²) in [5, 5.41) is 3.73. The average molecular weight is 238 g/mol. The molecule has 0 unspecified atom stereocenters. The molecule has 1 saturated heterocycles. The van der Waals surface area contributed by atoms with Gasteiger partial charge in [0.05, 0.1) is 0 Å². The number of nitrogens with zero attached hydrogens (tertiary/aromatic N) is 1. The van der Waals surface area contributed by atoms with Crippen LogP contribution in [-0.2, 0) is 0 Å². The minimum absolute atomic E-state index is 0.828. The molecule has 0 radical (unpaired) electrons. The Bertz CT molecular complexity index is 201. The van der Waals surface area contributed by atoms with Gasteiger partial charge in [0.2, 0.25) is 0 Å². The zero-order valence-electron chi connectivity index (χ0n) is 11.8. The lowest BCUT2D eigenvalue weighted by Crippen LogP contribution is -2.45. The fourth-order valence-corrected chi connectivity index (χ4v) is 3.16. The molecule has 0 spiro atoms. The van der Waals surface area contributed by atoms with Crippen molar-refractivity contribution in [3.63, 3.8) is 0 Å². The Morgan fingerprint density at radius 3 is 2.29 bits per heavy atom. The van der Waals surface area contributed by atoms with E-state index in [-0.39, 0.29) is 0 Å². The van der Waals surface area contributed by atoms with Crippen LogP contribution >= 0.6 is 0 Å². The van der Waals surface area contributed by atoms with Crippen LogP contribution in [-0.4, -0.2) is 37.1 Å². The van der Waals surface area contributed by atoms with Crippen LogP contribution in [0, 0.1) is 11.8 Å². The molecule has 0 aromatic rings. The van der Waals surface area contributed by atoms with Crippen LogP contribution < -0.4 is 5.32 Å². The predicted molar refractivity (Wildman–Crippen MR) is 74.3 cm³/mol. The fraction of sp³-hybridized carbons (Fsp3) is 1.00. The van der Waals surface area contributed by atoms with Gasteiger partial charge in [0.15, 0.2) is 0 Å². The van der Waals surface area contributed by atoms with Crippen molar-refractivity contribution in [3.05, 3.63) is 0 Å². The van der Waals surface area contributed by atoms with Crippen LogP contribution in [0.4, 0.5) is 0 Å². The molecule has 0 bridgehead atoms. The lowest BCUT2D eigenvalue weighted by atomic mass is 9.74. The van der Waals surface area contributed by atoms with Gasteiger partial charge < -0.3 is 10.2 Å². The van der Waals surface area contributed by atoms with Crippen molar-refractivity contribution in [1.29, 1.82) is 0 Å². The maximum Gasteiger partial charge on any atom is 0.0107 e. The monoisotopic (exact) mass is 238 g/mol. The molecule has 0 amide bonds. The van der Waals surface area contributed by atoms with Crippen molar-refractivity contribution >= 4 is 0 Å². The number of likely N-dealkylation sites (tertiary alicyclic amines) is 1. The minimum atomic E-state index is 0.828. The molecule has 1 saturated carbocycles. The van der Waals surface area contributed by atoms with Crippen molar-refractivity contribution in [1.82, 2.24) is 10.2 Å². The van der Waals surface area contributed by atoms with Crippen molar-refractivity contribution in [2.75, 3.05) is 26.2 Å². The van der Waals surface area contributed by atoms with Gasteiger partial charge in [-0.25, -0.2) is 0 Å². The molecule has 1 N–H and O–H groups in total. The Kier molecular flexibility index (Phi) is 5.30. The van der Waals surface area contributed by atoms with E-state index < -0.39 is 0 Å². The van der Waals surface area contributed by atoms with Crippen LogP contribution in [0.5, 0.6) is 0 Å². The highest BCUT2D eigenvalue weighted by atomic mass is 15.1. The van der Waals surface area contributed by atoms with E-state index in [0.717, 1.165) is 17.9 Å². The first-order valence-corrected chi connectivity index (χ1v) is 7.71. The molecule has 1 heterocycles. The van der Waals surface area contributed by atoms with Crippen molar-refractivity contribution in [3.8, 4) is 0 Å². The first-order valence-electron chi connectivity index (χ1n) is 7.71. The summed E-state index contributed by atoms with van der Waals surface area (Å²) in [5.74, 6) is 1.88. The first kappa shape index (κ1) is 13.4. The van der Waals surface area contributed by atoms with E-state index >= 15 is 0 Å². The first-order chi connectivity index (χ1) is 8.25. The van der Waals surface area contributed by atoms with Gasteiger partial charge in [-0.1, -0.05) is 26.7 Å². The summed E-state index contributed by atoms with van der Waals surface area (Å²) in [6.45, 7) is 9.86. The molecule has 1 aliphatic heterocycles. The van der Waals surface area contributed by atoms with E-state index in [1.54, 1.807) is 0 Å². The molecule has 2 fully saturated rings. The molecule has 100 valence electrons. The summed E-state index contributed by atoms with van der Waals surface area (Å²) >= 11 is 0. The maximum absolute atomic E-state index is 3.73. The summed E-state index contributed by atoms with van der Waals surface area (Å²) < 4.78 is 0. The summed E-state index contributed by atoms with van der Waals surface area (Å²) in [5.41, 5.74) is 0. The summed E-state index contributed by atoms with van der Waals surface area (Å²) in [6, 6.07) is 0.828. The van der Waals surface area contributed by atoms with Crippen LogP contribution in [0.2, 0.25) is 0 Å². The van der Waals surface area contributed by atoms with Crippen molar-refractivity contribution < 1.29 is 0 Å². The molecular formula is C15H30N2. The molecule has 0 atom stereocenters. The van der Waals surface area contributed by atoms with Gasteiger partial charge in [-0.3, -0.25) is 0 Å². The van der Waals surface area contributed by atoms with Gasteiger partial charge >= 0.3 is 0 Å². The Labute approximate surface area is 107 Å². The molecular weight excluding hydrogens is 208 g/mol. The molecule has 1 aliphatic carbocycles. The second kappa shape index (κ2) is 6.75. The van der Waals surface area contributed by atoms with E-state index in [0.29, 0.717) is 0 Å². The van der Waals surface area contributed by atoms with Crippen LogP contribution in [0.25, 0.3) is 0 Å². The number of hydrogen-bond acceptors (Lipinski definition) is 2. The van der Waals surface area contributed by atoms with Gasteiger partial charge in [0.25, 0.3) is 0 Å². The van der Waals surface area contributed by atoms with Gasteiger partial charge in [0.1, 0.15) is 0 Å². The topological polar surface area (TPSA) is 15.3 Å². The molecule has 2 heteroatoms. The zero-order chi connectivity index (χ0) is 12.1. The van der Waals surface area contributed by atoms with Gasteiger partial charge in [-0.15, -0.1) is 0 Å². The predicted octanol–water partition coefficient (Wildman–Crippen LogP) is 2.89. The molecule has 0 aromatic heterocycles. The normalized spacial score (nSPS) is 31.2.